The lowest BCUT2D eigenvalue weighted by atomic mass is 9.90. The Bertz CT molecular complexity index is 674. The van der Waals surface area contributed by atoms with Gasteiger partial charge >= 0.3 is 18.0 Å². The maximum Gasteiger partial charge on any atom is 0.408 e. The van der Waals surface area contributed by atoms with Crippen LogP contribution in [0.3, 0.4) is 0 Å². The summed E-state index contributed by atoms with van der Waals surface area (Å²) in [5, 5.41) is 2.43. The second-order valence-corrected chi connectivity index (χ2v) is 6.96. The molecule has 8 nitrogen and oxygen atoms in total. The number of benzene rings is 1. The average Bonchev–Trinajstić information content (AvgIpc) is 2.55. The van der Waals surface area contributed by atoms with Gasteiger partial charge in [0.2, 0.25) is 0 Å². The molecule has 0 unspecified atom stereocenters. The van der Waals surface area contributed by atoms with Gasteiger partial charge in [0.25, 0.3) is 0 Å². The van der Waals surface area contributed by atoms with Gasteiger partial charge in [0.05, 0.1) is 0 Å². The molecule has 1 aromatic rings. The zero-order valence-electron chi connectivity index (χ0n) is 16.2. The number of Topliss-reactive ketones (excluding diaryl/α,β-unsaturated/α-hetero) is 1. The van der Waals surface area contributed by atoms with Crippen LogP contribution in [0.15, 0.2) is 30.3 Å². The third-order valence-electron chi connectivity index (χ3n) is 3.25. The summed E-state index contributed by atoms with van der Waals surface area (Å²) in [4.78, 5) is 48.1. The standard InChI is InChI=1S/C19H25NO7/c1-13(21)25-11-19(12-26-14(2)22,20-17(24)27-18(3,4)5)16(23)15-9-7-6-8-10-15/h6-10H,11-12H2,1-5H3,(H,20,24). The number of nitrogens with one attached hydrogen (secondary N) is 1. The molecule has 148 valence electrons. The second kappa shape index (κ2) is 9.16. The molecule has 0 aromatic heterocycles. The minimum absolute atomic E-state index is 0.243. The lowest BCUT2D eigenvalue weighted by molar-refractivity contribution is -0.146. The monoisotopic (exact) mass is 379 g/mol. The molecule has 0 aliphatic heterocycles. The summed E-state index contributed by atoms with van der Waals surface area (Å²) < 4.78 is 15.2. The van der Waals surface area contributed by atoms with Gasteiger partial charge in [-0.05, 0) is 20.8 Å². The fourth-order valence-electron chi connectivity index (χ4n) is 2.12. The van der Waals surface area contributed by atoms with Crippen molar-refractivity contribution >= 4 is 23.8 Å². The fraction of sp³-hybridized carbons (Fsp3) is 0.474. The van der Waals surface area contributed by atoms with Crippen LogP contribution in [0.25, 0.3) is 0 Å². The van der Waals surface area contributed by atoms with Crippen molar-refractivity contribution in [3.05, 3.63) is 35.9 Å². The Morgan fingerprint density at radius 2 is 1.37 bits per heavy atom. The average molecular weight is 379 g/mol. The number of ether oxygens (including phenoxy) is 3. The minimum Gasteiger partial charge on any atom is -0.463 e. The molecular formula is C19H25NO7. The maximum atomic E-state index is 13.1. The van der Waals surface area contributed by atoms with Crippen LogP contribution in [0.2, 0.25) is 0 Å². The van der Waals surface area contributed by atoms with Gasteiger partial charge in [0.1, 0.15) is 18.8 Å². The molecule has 1 N–H and O–H groups in total. The van der Waals surface area contributed by atoms with Gasteiger partial charge in [-0.3, -0.25) is 14.4 Å². The van der Waals surface area contributed by atoms with Crippen LogP contribution >= 0.6 is 0 Å². The van der Waals surface area contributed by atoms with Gasteiger partial charge in [0.15, 0.2) is 11.3 Å². The van der Waals surface area contributed by atoms with E-state index in [0.717, 1.165) is 13.8 Å². The van der Waals surface area contributed by atoms with Crippen molar-refractivity contribution in [3.63, 3.8) is 0 Å². The molecule has 1 aromatic carbocycles. The SMILES string of the molecule is CC(=O)OCC(COC(C)=O)(NC(=O)OC(C)(C)C)C(=O)c1ccccc1. The molecule has 0 atom stereocenters. The molecule has 0 radical (unpaired) electrons. The molecule has 0 spiro atoms. The molecule has 0 aliphatic carbocycles. The van der Waals surface area contributed by atoms with Crippen LogP contribution in [0, 0.1) is 0 Å². The second-order valence-electron chi connectivity index (χ2n) is 6.96. The van der Waals surface area contributed by atoms with E-state index in [2.05, 4.69) is 5.32 Å². The number of alkyl carbamates (subject to hydrolysis) is 1. The Morgan fingerprint density at radius 3 is 1.78 bits per heavy atom. The quantitative estimate of drug-likeness (QED) is 0.440. The van der Waals surface area contributed by atoms with Gasteiger partial charge in [-0.2, -0.15) is 0 Å². The zero-order chi connectivity index (χ0) is 20.7. The van der Waals surface area contributed by atoms with E-state index in [1.807, 2.05) is 0 Å². The van der Waals surface area contributed by atoms with E-state index in [1.165, 1.54) is 12.1 Å². The van der Waals surface area contributed by atoms with Gasteiger partial charge in [-0.15, -0.1) is 0 Å². The van der Waals surface area contributed by atoms with Crippen molar-refractivity contribution in [1.29, 1.82) is 0 Å². The number of carbonyl (C=O) groups is 4. The largest absolute Gasteiger partial charge is 0.463 e. The Kier molecular flexibility index (Phi) is 7.51. The van der Waals surface area contributed by atoms with E-state index in [0.29, 0.717) is 0 Å². The van der Waals surface area contributed by atoms with Crippen LogP contribution < -0.4 is 5.32 Å². The number of hydrogen-bond donors (Lipinski definition) is 1. The molecule has 0 aliphatic rings. The topological polar surface area (TPSA) is 108 Å². The first-order valence-electron chi connectivity index (χ1n) is 8.33. The van der Waals surface area contributed by atoms with Gasteiger partial charge in [0, 0.05) is 19.4 Å². The molecule has 27 heavy (non-hydrogen) atoms. The number of ketones is 1. The molecular weight excluding hydrogens is 354 g/mol. The highest BCUT2D eigenvalue weighted by Gasteiger charge is 2.44. The molecule has 0 bridgehead atoms. The molecule has 1 rings (SSSR count). The van der Waals surface area contributed by atoms with Crippen LogP contribution in [-0.4, -0.2) is 48.2 Å². The highest BCUT2D eigenvalue weighted by Crippen LogP contribution is 2.18. The van der Waals surface area contributed by atoms with Crippen LogP contribution in [0.4, 0.5) is 4.79 Å². The van der Waals surface area contributed by atoms with Crippen molar-refractivity contribution in [3.8, 4) is 0 Å². The number of esters is 2. The van der Waals surface area contributed by atoms with E-state index in [9.17, 15) is 19.2 Å². The Morgan fingerprint density at radius 1 is 0.889 bits per heavy atom. The number of rotatable bonds is 7. The van der Waals surface area contributed by atoms with E-state index in [4.69, 9.17) is 14.2 Å². The Hall–Kier alpha value is -2.90. The summed E-state index contributed by atoms with van der Waals surface area (Å²) in [6.07, 6.45) is -0.911. The normalized spacial score (nSPS) is 11.3. The number of carbonyl (C=O) groups excluding carboxylic acids is 4. The number of hydrogen-bond acceptors (Lipinski definition) is 7. The summed E-state index contributed by atoms with van der Waals surface area (Å²) in [6.45, 7) is 6.25. The van der Waals surface area contributed by atoms with Crippen molar-refractivity contribution in [2.75, 3.05) is 13.2 Å². The van der Waals surface area contributed by atoms with Gasteiger partial charge in [-0.25, -0.2) is 4.79 Å². The summed E-state index contributed by atoms with van der Waals surface area (Å²) in [7, 11) is 0. The third-order valence-corrected chi connectivity index (χ3v) is 3.25. The first kappa shape index (κ1) is 22.1. The van der Waals surface area contributed by atoms with Gasteiger partial charge < -0.3 is 19.5 Å². The number of amides is 1. The zero-order valence-corrected chi connectivity index (χ0v) is 16.2. The Balaban J connectivity index is 3.28. The first-order valence-corrected chi connectivity index (χ1v) is 8.33. The van der Waals surface area contributed by atoms with E-state index in [-0.39, 0.29) is 5.56 Å². The maximum absolute atomic E-state index is 13.1. The van der Waals surface area contributed by atoms with Crippen molar-refractivity contribution in [2.24, 2.45) is 0 Å². The van der Waals surface area contributed by atoms with Crippen LogP contribution in [-0.2, 0) is 23.8 Å². The first-order chi connectivity index (χ1) is 12.4. The van der Waals surface area contributed by atoms with Gasteiger partial charge in [-0.1, -0.05) is 30.3 Å². The fourth-order valence-corrected chi connectivity index (χ4v) is 2.12. The summed E-state index contributed by atoms with van der Waals surface area (Å²) in [5.41, 5.74) is -2.41. The summed E-state index contributed by atoms with van der Waals surface area (Å²) in [5.74, 6) is -1.90. The lowest BCUT2D eigenvalue weighted by Gasteiger charge is -2.33. The molecule has 0 heterocycles. The van der Waals surface area contributed by atoms with Crippen LogP contribution in [0.5, 0.6) is 0 Å². The third kappa shape index (κ3) is 7.47. The minimum atomic E-state index is -1.83. The molecule has 1 amide bonds. The summed E-state index contributed by atoms with van der Waals surface area (Å²) >= 11 is 0. The van der Waals surface area contributed by atoms with E-state index >= 15 is 0 Å². The summed E-state index contributed by atoms with van der Waals surface area (Å²) in [6, 6.07) is 8.08. The van der Waals surface area contributed by atoms with Crippen LogP contribution in [0.1, 0.15) is 45.0 Å². The molecule has 0 saturated carbocycles. The molecule has 0 saturated heterocycles. The highest BCUT2D eigenvalue weighted by molar-refractivity contribution is 6.05. The van der Waals surface area contributed by atoms with Crippen molar-refractivity contribution in [2.45, 2.75) is 45.8 Å². The van der Waals surface area contributed by atoms with E-state index < -0.39 is 48.2 Å². The smallest absolute Gasteiger partial charge is 0.408 e. The predicted octanol–water partition coefficient (Wildman–Crippen LogP) is 2.26. The lowest BCUT2D eigenvalue weighted by Crippen LogP contribution is -2.61. The molecule has 0 fully saturated rings. The highest BCUT2D eigenvalue weighted by atomic mass is 16.6. The van der Waals surface area contributed by atoms with Crippen molar-refractivity contribution in [1.82, 2.24) is 5.32 Å². The van der Waals surface area contributed by atoms with E-state index in [1.54, 1.807) is 39.0 Å². The molecule has 8 heteroatoms. The Labute approximate surface area is 158 Å². The predicted molar refractivity (Wildman–Crippen MR) is 96.1 cm³/mol. The van der Waals surface area contributed by atoms with Crippen molar-refractivity contribution < 1.29 is 33.4 Å².